The summed E-state index contributed by atoms with van der Waals surface area (Å²) in [6.07, 6.45) is 40.5. The van der Waals surface area contributed by atoms with E-state index in [0.29, 0.717) is 32.7 Å². The van der Waals surface area contributed by atoms with Crippen LogP contribution in [0.2, 0.25) is 0 Å². The van der Waals surface area contributed by atoms with Gasteiger partial charge in [-0.15, -0.1) is 0 Å². The van der Waals surface area contributed by atoms with Gasteiger partial charge in [-0.2, -0.15) is 0 Å². The number of carboxylic acid groups (broad SMARTS) is 1. The second-order valence-electron chi connectivity index (χ2n) is 14.5. The van der Waals surface area contributed by atoms with E-state index >= 15 is 0 Å². The van der Waals surface area contributed by atoms with E-state index in [2.05, 4.69) is 0 Å². The highest BCUT2D eigenvalue weighted by Gasteiger charge is 2.04. The molecule has 0 amide bonds. The van der Waals surface area contributed by atoms with Crippen molar-refractivity contribution in [3.05, 3.63) is 0 Å². The Balaban J connectivity index is 3.21. The van der Waals surface area contributed by atoms with Crippen molar-refractivity contribution in [2.45, 2.75) is 231 Å². The van der Waals surface area contributed by atoms with Crippen molar-refractivity contribution in [2.24, 2.45) is 0 Å². The molecule has 49 heavy (non-hydrogen) atoms. The number of aliphatic carboxylic acids is 1. The van der Waals surface area contributed by atoms with Crippen LogP contribution in [0, 0.1) is 0 Å². The monoisotopic (exact) mass is 697 g/mol. The summed E-state index contributed by atoms with van der Waals surface area (Å²) in [5.74, 6) is -0.820. The van der Waals surface area contributed by atoms with Crippen LogP contribution in [0.25, 0.3) is 0 Å². The first-order valence-corrected chi connectivity index (χ1v) is 21.2. The number of carboxylic acids is 1. The molecule has 0 radical (unpaired) electrons. The number of hydrogen-bond donors (Lipinski definition) is 2. The Labute approximate surface area is 302 Å². The van der Waals surface area contributed by atoms with E-state index in [1.807, 2.05) is 0 Å². The predicted molar refractivity (Wildman–Crippen MR) is 203 cm³/mol. The Morgan fingerprint density at radius 1 is 0.306 bits per heavy atom. The highest BCUT2D eigenvalue weighted by Crippen LogP contribution is 2.15. The minimum absolute atomic E-state index is 0.0121. The molecule has 0 unspecified atom stereocenters. The van der Waals surface area contributed by atoms with E-state index < -0.39 is 5.97 Å². The first kappa shape index (κ1) is 47.4. The van der Waals surface area contributed by atoms with E-state index in [-0.39, 0.29) is 18.4 Å². The molecule has 0 aromatic heterocycles. The lowest BCUT2D eigenvalue weighted by atomic mass is 10.0. The molecule has 0 spiro atoms. The van der Waals surface area contributed by atoms with Gasteiger partial charge in [0, 0.05) is 25.9 Å². The number of aliphatic hydroxyl groups excluding tert-OH is 1. The van der Waals surface area contributed by atoms with Crippen molar-refractivity contribution in [1.82, 2.24) is 0 Å². The van der Waals surface area contributed by atoms with E-state index in [1.165, 1.54) is 135 Å². The van der Waals surface area contributed by atoms with Gasteiger partial charge in [-0.25, -0.2) is 0 Å². The van der Waals surface area contributed by atoms with Crippen molar-refractivity contribution >= 4 is 17.9 Å². The van der Waals surface area contributed by atoms with Crippen LogP contribution >= 0.6 is 0 Å². The van der Waals surface area contributed by atoms with Gasteiger partial charge in [0.1, 0.15) is 0 Å². The molecule has 0 aliphatic carbocycles. The van der Waals surface area contributed by atoms with Crippen molar-refractivity contribution in [2.75, 3.05) is 19.8 Å². The number of carbonyl (C=O) groups is 3. The summed E-state index contributed by atoms with van der Waals surface area (Å²) in [5.41, 5.74) is 0. The Kier molecular flexibility index (Phi) is 39.4. The smallest absolute Gasteiger partial charge is 0.305 e. The van der Waals surface area contributed by atoms with Gasteiger partial charge in [-0.05, 0) is 38.5 Å². The van der Waals surface area contributed by atoms with Crippen LogP contribution in [0.4, 0.5) is 0 Å². The maximum absolute atomic E-state index is 12.0. The number of ether oxygens (including phenoxy) is 2. The van der Waals surface area contributed by atoms with Gasteiger partial charge < -0.3 is 19.7 Å². The van der Waals surface area contributed by atoms with Crippen LogP contribution in [0.1, 0.15) is 231 Å². The summed E-state index contributed by atoms with van der Waals surface area (Å²) >= 11 is 0. The van der Waals surface area contributed by atoms with Crippen LogP contribution < -0.4 is 0 Å². The summed E-state index contributed by atoms with van der Waals surface area (Å²) < 4.78 is 10.7. The second-order valence-corrected chi connectivity index (χ2v) is 14.5. The number of aliphatic hydroxyl groups is 1. The Hall–Kier alpha value is -1.63. The Morgan fingerprint density at radius 2 is 0.531 bits per heavy atom. The third-order valence-electron chi connectivity index (χ3n) is 9.63. The Morgan fingerprint density at radius 3 is 0.796 bits per heavy atom. The van der Waals surface area contributed by atoms with Gasteiger partial charge in [-0.1, -0.05) is 173 Å². The fourth-order valence-electron chi connectivity index (χ4n) is 6.42. The average Bonchev–Trinajstić information content (AvgIpc) is 3.08. The molecule has 7 heteroatoms. The molecule has 7 nitrogen and oxygen atoms in total. The second kappa shape index (κ2) is 40.8. The first-order chi connectivity index (χ1) is 24.1. The topological polar surface area (TPSA) is 110 Å². The molecular weight excluding hydrogens is 616 g/mol. The number of esters is 2. The van der Waals surface area contributed by atoms with Gasteiger partial charge in [0.05, 0.1) is 13.2 Å². The number of carbonyl (C=O) groups excluding carboxylic acids is 2. The zero-order valence-electron chi connectivity index (χ0n) is 32.0. The minimum atomic E-state index is -0.729. The van der Waals surface area contributed by atoms with Crippen LogP contribution in [-0.2, 0) is 23.9 Å². The third-order valence-corrected chi connectivity index (χ3v) is 9.63. The number of hydrogen-bond acceptors (Lipinski definition) is 6. The largest absolute Gasteiger partial charge is 0.481 e. The van der Waals surface area contributed by atoms with Gasteiger partial charge in [0.25, 0.3) is 0 Å². The summed E-state index contributed by atoms with van der Waals surface area (Å²) in [6.45, 7) is 1.42. The molecule has 290 valence electrons. The average molecular weight is 697 g/mol. The number of rotatable bonds is 41. The lowest BCUT2D eigenvalue weighted by molar-refractivity contribution is -0.144. The molecule has 0 aromatic rings. The normalized spacial score (nSPS) is 11.2. The van der Waals surface area contributed by atoms with E-state index in [0.717, 1.165) is 77.0 Å². The maximum atomic E-state index is 12.0. The molecular formula is C42H80O7. The quantitative estimate of drug-likeness (QED) is 0.0483. The first-order valence-electron chi connectivity index (χ1n) is 21.2. The Bertz CT molecular complexity index is 711. The van der Waals surface area contributed by atoms with Gasteiger partial charge >= 0.3 is 17.9 Å². The van der Waals surface area contributed by atoms with Crippen LogP contribution in [0.15, 0.2) is 0 Å². The van der Waals surface area contributed by atoms with E-state index in [1.54, 1.807) is 0 Å². The summed E-state index contributed by atoms with van der Waals surface area (Å²) in [5, 5.41) is 17.4. The van der Waals surface area contributed by atoms with Crippen LogP contribution in [0.5, 0.6) is 0 Å². The van der Waals surface area contributed by atoms with Crippen molar-refractivity contribution < 1.29 is 34.1 Å². The lowest BCUT2D eigenvalue weighted by Crippen LogP contribution is -2.05. The van der Waals surface area contributed by atoms with Gasteiger partial charge in [0.15, 0.2) is 0 Å². The fourth-order valence-corrected chi connectivity index (χ4v) is 6.42. The van der Waals surface area contributed by atoms with E-state index in [4.69, 9.17) is 19.7 Å². The van der Waals surface area contributed by atoms with Crippen LogP contribution in [-0.4, -0.2) is 47.9 Å². The predicted octanol–water partition coefficient (Wildman–Crippen LogP) is 12.2. The highest BCUT2D eigenvalue weighted by atomic mass is 16.5. The molecule has 0 rings (SSSR count). The lowest BCUT2D eigenvalue weighted by Gasteiger charge is -2.06. The summed E-state index contributed by atoms with van der Waals surface area (Å²) in [6, 6.07) is 0. The molecule has 0 fully saturated rings. The van der Waals surface area contributed by atoms with Crippen molar-refractivity contribution in [3.63, 3.8) is 0 Å². The molecule has 2 N–H and O–H groups in total. The summed E-state index contributed by atoms with van der Waals surface area (Å²) in [7, 11) is 0. The molecule has 0 aliphatic heterocycles. The van der Waals surface area contributed by atoms with Crippen molar-refractivity contribution in [1.29, 1.82) is 0 Å². The molecule has 0 atom stereocenters. The highest BCUT2D eigenvalue weighted by molar-refractivity contribution is 5.69. The maximum Gasteiger partial charge on any atom is 0.305 e. The SMILES string of the molecule is O=C(O)CCCCCCCOC(=O)CCCCCCCCCCCCCCCOC(=O)CCCCCCCCCCCCCCCCCO. The molecule has 0 heterocycles. The minimum Gasteiger partial charge on any atom is -0.481 e. The molecule has 0 bridgehead atoms. The molecule has 0 aliphatic rings. The molecule has 0 aromatic carbocycles. The third kappa shape index (κ3) is 42.5. The molecule has 0 saturated heterocycles. The molecule has 0 saturated carbocycles. The zero-order chi connectivity index (χ0) is 35.7. The van der Waals surface area contributed by atoms with Crippen molar-refractivity contribution in [3.8, 4) is 0 Å². The van der Waals surface area contributed by atoms with Gasteiger partial charge in [0.2, 0.25) is 0 Å². The zero-order valence-corrected chi connectivity index (χ0v) is 32.0. The van der Waals surface area contributed by atoms with Crippen LogP contribution in [0.3, 0.4) is 0 Å². The van der Waals surface area contributed by atoms with E-state index in [9.17, 15) is 14.4 Å². The van der Waals surface area contributed by atoms with Gasteiger partial charge in [-0.3, -0.25) is 14.4 Å². The standard InChI is InChI=1S/C42H80O7/c43-37-31-25-19-15-11-7-3-1-2-5-9-13-17-23-29-35-41(46)48-38-32-26-20-16-12-8-4-6-10-14-18-24-30-36-42(47)49-39-33-27-21-22-28-34-40(44)45/h43H,1-39H2,(H,44,45). The summed E-state index contributed by atoms with van der Waals surface area (Å²) in [4.78, 5) is 34.3. The number of unbranched alkanes of at least 4 members (excludes halogenated alkanes) is 30. The fraction of sp³-hybridized carbons (Fsp3) is 0.929.